The number of urea groups is 1. The molecule has 0 heterocycles. The SMILES string of the molecule is Nc1ccc(Cl)c(NC(=O)NC(=O)c2cc(F)c(F)cc2Cl)c1. The summed E-state index contributed by atoms with van der Waals surface area (Å²) in [6, 6.07) is 4.66. The zero-order valence-electron chi connectivity index (χ0n) is 11.3. The zero-order chi connectivity index (χ0) is 17.1. The van der Waals surface area contributed by atoms with Crippen LogP contribution in [0.1, 0.15) is 10.4 Å². The number of carbonyl (C=O) groups excluding carboxylic acids is 2. The second kappa shape index (κ2) is 6.80. The summed E-state index contributed by atoms with van der Waals surface area (Å²) in [6.07, 6.45) is 0. The van der Waals surface area contributed by atoms with Crippen molar-refractivity contribution in [3.05, 3.63) is 57.6 Å². The van der Waals surface area contributed by atoms with Crippen LogP contribution >= 0.6 is 23.2 Å². The molecule has 0 unspecified atom stereocenters. The Bertz CT molecular complexity index is 800. The number of nitrogens with two attached hydrogens (primary N) is 1. The molecule has 2 aromatic carbocycles. The smallest absolute Gasteiger partial charge is 0.326 e. The molecular formula is C14H9Cl2F2N3O2. The van der Waals surface area contributed by atoms with E-state index in [1.165, 1.54) is 18.2 Å². The van der Waals surface area contributed by atoms with E-state index in [9.17, 15) is 18.4 Å². The fourth-order valence-corrected chi connectivity index (χ4v) is 2.06. The Morgan fingerprint density at radius 1 is 1.00 bits per heavy atom. The summed E-state index contributed by atoms with van der Waals surface area (Å²) >= 11 is 11.5. The lowest BCUT2D eigenvalue weighted by molar-refractivity contribution is 0.0966. The molecule has 0 saturated carbocycles. The molecule has 5 nitrogen and oxygen atoms in total. The van der Waals surface area contributed by atoms with Gasteiger partial charge in [-0.15, -0.1) is 0 Å². The Labute approximate surface area is 139 Å². The Hall–Kier alpha value is -2.38. The topological polar surface area (TPSA) is 84.2 Å². The average molecular weight is 360 g/mol. The number of hydrogen-bond donors (Lipinski definition) is 3. The van der Waals surface area contributed by atoms with Gasteiger partial charge in [0.15, 0.2) is 11.6 Å². The van der Waals surface area contributed by atoms with Crippen LogP contribution in [0.2, 0.25) is 10.0 Å². The van der Waals surface area contributed by atoms with E-state index in [4.69, 9.17) is 28.9 Å². The number of carbonyl (C=O) groups is 2. The van der Waals surface area contributed by atoms with Gasteiger partial charge in [0.2, 0.25) is 0 Å². The lowest BCUT2D eigenvalue weighted by Gasteiger charge is -2.10. The van der Waals surface area contributed by atoms with Crippen LogP contribution < -0.4 is 16.4 Å². The summed E-state index contributed by atoms with van der Waals surface area (Å²) in [6.45, 7) is 0. The highest BCUT2D eigenvalue weighted by Gasteiger charge is 2.17. The molecule has 2 rings (SSSR count). The molecule has 0 radical (unpaired) electrons. The Morgan fingerprint density at radius 3 is 2.35 bits per heavy atom. The van der Waals surface area contributed by atoms with E-state index in [-0.39, 0.29) is 21.3 Å². The molecular weight excluding hydrogens is 351 g/mol. The Kier molecular flexibility index (Phi) is 5.02. The van der Waals surface area contributed by atoms with Crippen LogP contribution in [-0.2, 0) is 0 Å². The number of nitrogen functional groups attached to an aromatic ring is 1. The summed E-state index contributed by atoms with van der Waals surface area (Å²) < 4.78 is 26.1. The number of hydrogen-bond acceptors (Lipinski definition) is 3. The standard InChI is InChI=1S/C14H9Cl2F2N3O2/c15-8-2-1-6(19)3-12(8)20-14(23)21-13(22)7-4-10(17)11(18)5-9(7)16/h1-5H,19H2,(H2,20,21,22,23). The second-order valence-electron chi connectivity index (χ2n) is 4.39. The number of imide groups is 1. The lowest BCUT2D eigenvalue weighted by Crippen LogP contribution is -2.34. The van der Waals surface area contributed by atoms with Crippen molar-refractivity contribution in [2.45, 2.75) is 0 Å². The van der Waals surface area contributed by atoms with Crippen LogP contribution in [0.25, 0.3) is 0 Å². The molecule has 2 aromatic rings. The molecule has 9 heteroatoms. The first-order chi connectivity index (χ1) is 10.8. The largest absolute Gasteiger partial charge is 0.399 e. The normalized spacial score (nSPS) is 10.3. The molecule has 0 aliphatic rings. The molecule has 0 aromatic heterocycles. The van der Waals surface area contributed by atoms with Crippen LogP contribution in [-0.4, -0.2) is 11.9 Å². The van der Waals surface area contributed by atoms with Gasteiger partial charge in [0.25, 0.3) is 5.91 Å². The first-order valence-electron chi connectivity index (χ1n) is 6.10. The van der Waals surface area contributed by atoms with Crippen LogP contribution in [0, 0.1) is 11.6 Å². The molecule has 0 spiro atoms. The molecule has 0 atom stereocenters. The quantitative estimate of drug-likeness (QED) is 0.562. The monoisotopic (exact) mass is 359 g/mol. The first-order valence-corrected chi connectivity index (χ1v) is 6.85. The number of rotatable bonds is 2. The summed E-state index contributed by atoms with van der Waals surface area (Å²) in [5.74, 6) is -3.48. The third kappa shape index (κ3) is 4.08. The number of halogens is 4. The van der Waals surface area contributed by atoms with Gasteiger partial charge in [-0.3, -0.25) is 10.1 Å². The average Bonchev–Trinajstić information content (AvgIpc) is 2.46. The maximum absolute atomic E-state index is 13.2. The molecule has 0 bridgehead atoms. The minimum absolute atomic E-state index is 0.174. The Morgan fingerprint density at radius 2 is 1.65 bits per heavy atom. The van der Waals surface area contributed by atoms with E-state index < -0.39 is 23.6 Å². The van der Waals surface area contributed by atoms with Gasteiger partial charge >= 0.3 is 6.03 Å². The van der Waals surface area contributed by atoms with Crippen LogP contribution in [0.4, 0.5) is 25.0 Å². The maximum Gasteiger partial charge on any atom is 0.326 e. The second-order valence-corrected chi connectivity index (χ2v) is 5.21. The van der Waals surface area contributed by atoms with Crippen molar-refractivity contribution < 1.29 is 18.4 Å². The van der Waals surface area contributed by atoms with Gasteiger partial charge in [-0.25, -0.2) is 13.6 Å². The summed E-state index contributed by atoms with van der Waals surface area (Å²) in [5, 5.41) is 4.08. The van der Waals surface area contributed by atoms with Crippen LogP contribution in [0.5, 0.6) is 0 Å². The van der Waals surface area contributed by atoms with Crippen molar-refractivity contribution in [3.63, 3.8) is 0 Å². The number of amides is 3. The molecule has 0 aliphatic carbocycles. The van der Waals surface area contributed by atoms with Crippen LogP contribution in [0.3, 0.4) is 0 Å². The van der Waals surface area contributed by atoms with E-state index >= 15 is 0 Å². The zero-order valence-corrected chi connectivity index (χ0v) is 12.8. The highest BCUT2D eigenvalue weighted by Crippen LogP contribution is 2.24. The van der Waals surface area contributed by atoms with Gasteiger partial charge in [-0.05, 0) is 30.3 Å². The fourth-order valence-electron chi connectivity index (χ4n) is 1.66. The molecule has 0 aliphatic heterocycles. The molecule has 0 saturated heterocycles. The Balaban J connectivity index is 2.13. The molecule has 23 heavy (non-hydrogen) atoms. The van der Waals surface area contributed by atoms with Crippen molar-refractivity contribution >= 4 is 46.5 Å². The van der Waals surface area contributed by atoms with Gasteiger partial charge in [-0.2, -0.15) is 0 Å². The first kappa shape index (κ1) is 17.0. The van der Waals surface area contributed by atoms with Gasteiger partial charge in [-0.1, -0.05) is 23.2 Å². The van der Waals surface area contributed by atoms with Gasteiger partial charge in [0.1, 0.15) is 0 Å². The number of benzene rings is 2. The number of anilines is 2. The van der Waals surface area contributed by atoms with E-state index in [0.717, 1.165) is 0 Å². The van der Waals surface area contributed by atoms with Crippen molar-refractivity contribution in [1.82, 2.24) is 5.32 Å². The number of nitrogens with one attached hydrogen (secondary N) is 2. The van der Waals surface area contributed by atoms with E-state index in [2.05, 4.69) is 5.32 Å². The van der Waals surface area contributed by atoms with Crippen molar-refractivity contribution in [2.75, 3.05) is 11.1 Å². The molecule has 3 amide bonds. The van der Waals surface area contributed by atoms with Crippen molar-refractivity contribution in [1.29, 1.82) is 0 Å². The third-order valence-corrected chi connectivity index (χ3v) is 3.36. The van der Waals surface area contributed by atoms with E-state index in [1.54, 1.807) is 0 Å². The van der Waals surface area contributed by atoms with Gasteiger partial charge in [0.05, 0.1) is 21.3 Å². The predicted octanol–water partition coefficient (Wildman–Crippen LogP) is 3.82. The molecule has 0 fully saturated rings. The molecule has 4 N–H and O–H groups in total. The highest BCUT2D eigenvalue weighted by molar-refractivity contribution is 6.35. The fraction of sp³-hybridized carbons (Fsp3) is 0. The minimum Gasteiger partial charge on any atom is -0.399 e. The van der Waals surface area contributed by atoms with Gasteiger partial charge in [0, 0.05) is 5.69 Å². The summed E-state index contributed by atoms with van der Waals surface area (Å²) in [7, 11) is 0. The maximum atomic E-state index is 13.2. The predicted molar refractivity (Wildman–Crippen MR) is 83.7 cm³/mol. The third-order valence-electron chi connectivity index (χ3n) is 2.72. The summed E-state index contributed by atoms with van der Waals surface area (Å²) in [4.78, 5) is 23.6. The molecule has 120 valence electrons. The van der Waals surface area contributed by atoms with E-state index in [1.807, 2.05) is 5.32 Å². The highest BCUT2D eigenvalue weighted by atomic mass is 35.5. The minimum atomic E-state index is -1.26. The lowest BCUT2D eigenvalue weighted by atomic mass is 10.2. The van der Waals surface area contributed by atoms with Gasteiger partial charge < -0.3 is 11.1 Å². The van der Waals surface area contributed by atoms with Crippen molar-refractivity contribution in [2.24, 2.45) is 0 Å². The summed E-state index contributed by atoms with van der Waals surface area (Å²) in [5.41, 5.74) is 5.69. The van der Waals surface area contributed by atoms with E-state index in [0.29, 0.717) is 17.8 Å². The van der Waals surface area contributed by atoms with Crippen LogP contribution in [0.15, 0.2) is 30.3 Å². The van der Waals surface area contributed by atoms with Crippen molar-refractivity contribution in [3.8, 4) is 0 Å².